The number of rotatable bonds is 8. The van der Waals surface area contributed by atoms with E-state index in [4.69, 9.17) is 9.84 Å². The first-order valence-electron chi connectivity index (χ1n) is 7.94. The first kappa shape index (κ1) is 17.8. The van der Waals surface area contributed by atoms with Crippen molar-refractivity contribution in [2.45, 2.75) is 19.9 Å². The highest BCUT2D eigenvalue weighted by molar-refractivity contribution is 5.49. The molecular weight excluding hydrogens is 302 g/mol. The molecule has 1 atom stereocenters. The molecule has 1 amide bonds. The minimum atomic E-state index is -0.0592. The molecule has 0 saturated heterocycles. The van der Waals surface area contributed by atoms with E-state index in [1.165, 1.54) is 0 Å². The molecule has 0 heterocycles. The molecule has 0 fully saturated rings. The maximum Gasteiger partial charge on any atom is 0.210 e. The summed E-state index contributed by atoms with van der Waals surface area (Å²) >= 11 is 0. The summed E-state index contributed by atoms with van der Waals surface area (Å²) in [5, 5.41) is 9.04. The van der Waals surface area contributed by atoms with Crippen LogP contribution in [0.5, 0.6) is 11.5 Å². The van der Waals surface area contributed by atoms with Gasteiger partial charge in [0.15, 0.2) is 0 Å². The van der Waals surface area contributed by atoms with Crippen molar-refractivity contribution >= 4 is 6.41 Å². The third-order valence-electron chi connectivity index (χ3n) is 3.87. The second-order valence-electron chi connectivity index (χ2n) is 5.67. The van der Waals surface area contributed by atoms with Crippen molar-refractivity contribution in [1.29, 1.82) is 0 Å². The van der Waals surface area contributed by atoms with E-state index in [1.807, 2.05) is 74.5 Å². The molecule has 2 aromatic rings. The maximum absolute atomic E-state index is 11.3. The predicted molar refractivity (Wildman–Crippen MR) is 95.0 cm³/mol. The number of aliphatic hydroxyl groups excluding tert-OH is 1. The van der Waals surface area contributed by atoms with Crippen LogP contribution in [-0.2, 0) is 4.79 Å². The molecule has 1 unspecified atom stereocenters. The quantitative estimate of drug-likeness (QED) is 0.591. The van der Waals surface area contributed by atoms with Crippen molar-refractivity contribution in [3.8, 4) is 11.5 Å². The molecule has 1 N–H and O–H groups in total. The second kappa shape index (κ2) is 8.89. The number of nitrogens with zero attached hydrogens (tertiary/aromatic N) is 1. The summed E-state index contributed by atoms with van der Waals surface area (Å²) < 4.78 is 5.77. The lowest BCUT2D eigenvalue weighted by atomic mass is 10.1. The van der Waals surface area contributed by atoms with Gasteiger partial charge < -0.3 is 14.7 Å². The molecule has 0 aliphatic carbocycles. The van der Waals surface area contributed by atoms with Crippen LogP contribution in [0.1, 0.15) is 25.5 Å². The standard InChI is InChI=1S/C20H23NO3/c1-16(14-22)12-13-21(15-23)17(2)18-8-10-20(11-9-18)24-19-6-4-3-5-7-19/h3-12,15,17,22H,13-14H2,1-2H3/b16-12+. The second-order valence-corrected chi connectivity index (χ2v) is 5.67. The highest BCUT2D eigenvalue weighted by Crippen LogP contribution is 2.25. The smallest absolute Gasteiger partial charge is 0.210 e. The number of aliphatic hydroxyl groups is 1. The van der Waals surface area contributed by atoms with E-state index < -0.39 is 0 Å². The summed E-state index contributed by atoms with van der Waals surface area (Å²) in [5.41, 5.74) is 1.87. The lowest BCUT2D eigenvalue weighted by Crippen LogP contribution is -2.26. The molecular formula is C20H23NO3. The van der Waals surface area contributed by atoms with Gasteiger partial charge in [0.2, 0.25) is 6.41 Å². The van der Waals surface area contributed by atoms with Gasteiger partial charge in [0.1, 0.15) is 11.5 Å². The lowest BCUT2D eigenvalue weighted by molar-refractivity contribution is -0.119. The van der Waals surface area contributed by atoms with E-state index in [0.717, 1.165) is 29.0 Å². The zero-order valence-electron chi connectivity index (χ0n) is 14.1. The number of ether oxygens (including phenoxy) is 1. The van der Waals surface area contributed by atoms with Gasteiger partial charge in [-0.1, -0.05) is 42.0 Å². The largest absolute Gasteiger partial charge is 0.457 e. The van der Waals surface area contributed by atoms with Gasteiger partial charge in [0.25, 0.3) is 0 Å². The lowest BCUT2D eigenvalue weighted by Gasteiger charge is -2.24. The Balaban J connectivity index is 2.04. The molecule has 24 heavy (non-hydrogen) atoms. The van der Waals surface area contributed by atoms with Gasteiger partial charge in [-0.3, -0.25) is 4.79 Å². The number of amides is 1. The molecule has 4 heteroatoms. The highest BCUT2D eigenvalue weighted by atomic mass is 16.5. The maximum atomic E-state index is 11.3. The topological polar surface area (TPSA) is 49.8 Å². The van der Waals surface area contributed by atoms with E-state index in [2.05, 4.69) is 0 Å². The Hall–Kier alpha value is -2.59. The van der Waals surface area contributed by atoms with Crippen LogP contribution in [0.25, 0.3) is 0 Å². The molecule has 0 saturated carbocycles. The fraction of sp³-hybridized carbons (Fsp3) is 0.250. The van der Waals surface area contributed by atoms with Crippen molar-refractivity contribution in [3.05, 3.63) is 71.8 Å². The van der Waals surface area contributed by atoms with Crippen molar-refractivity contribution in [2.24, 2.45) is 0 Å². The van der Waals surface area contributed by atoms with Gasteiger partial charge in [-0.2, -0.15) is 0 Å². The number of hydrogen-bond donors (Lipinski definition) is 1. The summed E-state index contributed by atoms with van der Waals surface area (Å²) in [6, 6.07) is 17.3. The molecule has 0 aromatic heterocycles. The molecule has 0 spiro atoms. The zero-order valence-corrected chi connectivity index (χ0v) is 14.1. The molecule has 126 valence electrons. The Morgan fingerprint density at radius 3 is 2.33 bits per heavy atom. The first-order valence-corrected chi connectivity index (χ1v) is 7.94. The van der Waals surface area contributed by atoms with Crippen LogP contribution < -0.4 is 4.74 Å². The SMILES string of the molecule is C/C(=C\CN(C=O)C(C)c1ccc(Oc2ccccc2)cc1)CO. The number of benzene rings is 2. The Labute approximate surface area is 143 Å². The Morgan fingerprint density at radius 1 is 1.12 bits per heavy atom. The van der Waals surface area contributed by atoms with Crippen molar-refractivity contribution in [1.82, 2.24) is 4.90 Å². The van der Waals surface area contributed by atoms with Crippen molar-refractivity contribution in [3.63, 3.8) is 0 Å². The highest BCUT2D eigenvalue weighted by Gasteiger charge is 2.13. The number of carbonyl (C=O) groups excluding carboxylic acids is 1. The molecule has 0 radical (unpaired) electrons. The van der Waals surface area contributed by atoms with Gasteiger partial charge in [-0.05, 0) is 43.7 Å². The van der Waals surface area contributed by atoms with Gasteiger partial charge in [0.05, 0.1) is 12.6 Å². The Morgan fingerprint density at radius 2 is 1.75 bits per heavy atom. The molecule has 0 aliphatic heterocycles. The monoisotopic (exact) mass is 325 g/mol. The van der Waals surface area contributed by atoms with Crippen LogP contribution in [0, 0.1) is 0 Å². The number of hydrogen-bond acceptors (Lipinski definition) is 3. The van der Waals surface area contributed by atoms with E-state index in [9.17, 15) is 4.79 Å². The van der Waals surface area contributed by atoms with E-state index in [1.54, 1.807) is 4.90 Å². The Bertz CT molecular complexity index is 665. The van der Waals surface area contributed by atoms with Crippen LogP contribution in [-0.4, -0.2) is 29.6 Å². The van der Waals surface area contributed by atoms with Crippen LogP contribution in [0.15, 0.2) is 66.2 Å². The third-order valence-corrected chi connectivity index (χ3v) is 3.87. The first-order chi connectivity index (χ1) is 11.6. The fourth-order valence-electron chi connectivity index (χ4n) is 2.25. The van der Waals surface area contributed by atoms with Crippen LogP contribution in [0.3, 0.4) is 0 Å². The molecule has 2 rings (SSSR count). The fourth-order valence-corrected chi connectivity index (χ4v) is 2.25. The minimum Gasteiger partial charge on any atom is -0.457 e. The minimum absolute atomic E-state index is 0.00655. The third kappa shape index (κ3) is 4.96. The summed E-state index contributed by atoms with van der Waals surface area (Å²) in [4.78, 5) is 13.0. The van der Waals surface area contributed by atoms with Gasteiger partial charge in [-0.15, -0.1) is 0 Å². The molecule has 0 bridgehead atoms. The number of carbonyl (C=O) groups is 1. The summed E-state index contributed by atoms with van der Waals surface area (Å²) in [6.45, 7) is 4.29. The van der Waals surface area contributed by atoms with Crippen molar-refractivity contribution < 1.29 is 14.6 Å². The van der Waals surface area contributed by atoms with Crippen molar-refractivity contribution in [2.75, 3.05) is 13.2 Å². The van der Waals surface area contributed by atoms with E-state index >= 15 is 0 Å². The predicted octanol–water partition coefficient (Wildman–Crippen LogP) is 3.94. The molecule has 2 aromatic carbocycles. The number of para-hydroxylation sites is 1. The van der Waals surface area contributed by atoms with Crippen LogP contribution >= 0.6 is 0 Å². The summed E-state index contributed by atoms with van der Waals surface area (Å²) in [5.74, 6) is 1.54. The summed E-state index contributed by atoms with van der Waals surface area (Å²) in [6.07, 6.45) is 2.69. The normalized spacial score (nSPS) is 12.5. The van der Waals surface area contributed by atoms with Crippen LogP contribution in [0.2, 0.25) is 0 Å². The molecule has 4 nitrogen and oxygen atoms in total. The average molecular weight is 325 g/mol. The molecule has 0 aliphatic rings. The van der Waals surface area contributed by atoms with Gasteiger partial charge in [-0.25, -0.2) is 0 Å². The summed E-state index contributed by atoms with van der Waals surface area (Å²) in [7, 11) is 0. The Kier molecular flexibility index (Phi) is 6.58. The van der Waals surface area contributed by atoms with Gasteiger partial charge >= 0.3 is 0 Å². The van der Waals surface area contributed by atoms with Crippen LogP contribution in [0.4, 0.5) is 0 Å². The van der Waals surface area contributed by atoms with Gasteiger partial charge in [0, 0.05) is 6.54 Å². The average Bonchev–Trinajstić information content (AvgIpc) is 2.63. The van der Waals surface area contributed by atoms with E-state index in [0.29, 0.717) is 6.54 Å². The van der Waals surface area contributed by atoms with E-state index in [-0.39, 0.29) is 12.6 Å². The zero-order chi connectivity index (χ0) is 17.4.